The number of esters is 1. The zero-order chi connectivity index (χ0) is 15.3. The first-order valence-electron chi connectivity index (χ1n) is 7.85. The fraction of sp³-hybridized carbons (Fsp3) is 0.500. The molecule has 0 aromatic heterocycles. The minimum absolute atomic E-state index is 0.144. The standard InChI is InChI=1S/C18H26O3/c1-2-3-4-5-6-7-8-9-10-15-21-18(20)16-11-13-17(19)14-12-16/h9-14,19H,2-8,15H2,1H3/b10-9+. The van der Waals surface area contributed by atoms with E-state index >= 15 is 0 Å². The molecule has 1 N–H and O–H groups in total. The first-order valence-corrected chi connectivity index (χ1v) is 7.85. The second-order valence-electron chi connectivity index (χ2n) is 5.17. The molecule has 1 rings (SSSR count). The lowest BCUT2D eigenvalue weighted by atomic mass is 10.1. The maximum atomic E-state index is 11.7. The van der Waals surface area contributed by atoms with Crippen LogP contribution in [0.25, 0.3) is 0 Å². The number of phenolic OH excluding ortho intramolecular Hbond substituents is 1. The molecule has 0 aliphatic carbocycles. The Balaban J connectivity index is 2.06. The van der Waals surface area contributed by atoms with Gasteiger partial charge < -0.3 is 9.84 Å². The van der Waals surface area contributed by atoms with Crippen molar-refractivity contribution in [1.82, 2.24) is 0 Å². The molecule has 0 amide bonds. The number of hydrogen-bond donors (Lipinski definition) is 1. The summed E-state index contributed by atoms with van der Waals surface area (Å²) in [5, 5.41) is 9.14. The lowest BCUT2D eigenvalue weighted by molar-refractivity contribution is 0.0549. The number of phenols is 1. The van der Waals surface area contributed by atoms with Gasteiger partial charge in [0.2, 0.25) is 0 Å². The molecule has 0 unspecified atom stereocenters. The highest BCUT2D eigenvalue weighted by Crippen LogP contribution is 2.10. The third kappa shape index (κ3) is 8.18. The topological polar surface area (TPSA) is 46.5 Å². The van der Waals surface area contributed by atoms with Crippen LogP contribution >= 0.6 is 0 Å². The fourth-order valence-corrected chi connectivity index (χ4v) is 2.03. The molecule has 0 radical (unpaired) electrons. The van der Waals surface area contributed by atoms with Crippen molar-refractivity contribution in [3.05, 3.63) is 42.0 Å². The van der Waals surface area contributed by atoms with E-state index in [1.54, 1.807) is 12.1 Å². The van der Waals surface area contributed by atoms with Gasteiger partial charge in [0.1, 0.15) is 12.4 Å². The van der Waals surface area contributed by atoms with Crippen molar-refractivity contribution in [1.29, 1.82) is 0 Å². The van der Waals surface area contributed by atoms with Gasteiger partial charge in [0.25, 0.3) is 0 Å². The molecule has 0 bridgehead atoms. The average Bonchev–Trinajstić information content (AvgIpc) is 2.49. The van der Waals surface area contributed by atoms with Crippen molar-refractivity contribution >= 4 is 5.97 Å². The number of unbranched alkanes of at least 4 members (excludes halogenated alkanes) is 6. The number of allylic oxidation sites excluding steroid dienone is 1. The first-order chi connectivity index (χ1) is 10.2. The van der Waals surface area contributed by atoms with Crippen LogP contribution in [0.4, 0.5) is 0 Å². The molecule has 0 fully saturated rings. The van der Waals surface area contributed by atoms with E-state index in [9.17, 15) is 4.79 Å². The monoisotopic (exact) mass is 290 g/mol. The summed E-state index contributed by atoms with van der Waals surface area (Å²) >= 11 is 0. The molecule has 0 aliphatic rings. The summed E-state index contributed by atoms with van der Waals surface area (Å²) in [5.41, 5.74) is 0.456. The quantitative estimate of drug-likeness (QED) is 0.380. The Bertz CT molecular complexity index is 421. The Morgan fingerprint density at radius 3 is 2.43 bits per heavy atom. The van der Waals surface area contributed by atoms with Gasteiger partial charge in [-0.3, -0.25) is 0 Å². The summed E-state index contributed by atoms with van der Waals surface area (Å²) in [4.78, 5) is 11.7. The summed E-state index contributed by atoms with van der Waals surface area (Å²) < 4.78 is 5.12. The van der Waals surface area contributed by atoms with Crippen LogP contribution in [-0.2, 0) is 4.74 Å². The van der Waals surface area contributed by atoms with E-state index in [0.717, 1.165) is 6.42 Å². The summed E-state index contributed by atoms with van der Waals surface area (Å²) in [5.74, 6) is -0.218. The molecule has 1 aromatic rings. The maximum Gasteiger partial charge on any atom is 0.338 e. The molecule has 0 spiro atoms. The fourth-order valence-electron chi connectivity index (χ4n) is 2.03. The summed E-state index contributed by atoms with van der Waals surface area (Å²) in [7, 11) is 0. The van der Waals surface area contributed by atoms with Gasteiger partial charge in [-0.2, -0.15) is 0 Å². The van der Waals surface area contributed by atoms with Crippen LogP contribution in [0, 0.1) is 0 Å². The van der Waals surface area contributed by atoms with Crippen molar-refractivity contribution < 1.29 is 14.6 Å². The third-order valence-electron chi connectivity index (χ3n) is 3.30. The van der Waals surface area contributed by atoms with Crippen molar-refractivity contribution in [2.45, 2.75) is 51.9 Å². The van der Waals surface area contributed by atoms with Crippen molar-refractivity contribution in [2.24, 2.45) is 0 Å². The molecule has 21 heavy (non-hydrogen) atoms. The van der Waals surface area contributed by atoms with Crippen molar-refractivity contribution in [3.63, 3.8) is 0 Å². The zero-order valence-electron chi connectivity index (χ0n) is 12.9. The second kappa shape index (κ2) is 11.0. The molecule has 116 valence electrons. The highest BCUT2D eigenvalue weighted by Gasteiger charge is 2.05. The Morgan fingerprint density at radius 1 is 1.05 bits per heavy atom. The smallest absolute Gasteiger partial charge is 0.338 e. The molecule has 0 saturated heterocycles. The summed E-state index contributed by atoms with van der Waals surface area (Å²) in [6.07, 6.45) is 12.8. The summed E-state index contributed by atoms with van der Waals surface area (Å²) in [6, 6.07) is 6.06. The van der Waals surface area contributed by atoms with E-state index in [1.807, 2.05) is 6.08 Å². The molecule has 0 heterocycles. The lowest BCUT2D eigenvalue weighted by Gasteiger charge is -2.02. The van der Waals surface area contributed by atoms with Gasteiger partial charge in [-0.15, -0.1) is 0 Å². The lowest BCUT2D eigenvalue weighted by Crippen LogP contribution is -2.04. The van der Waals surface area contributed by atoms with Crippen LogP contribution in [0.1, 0.15) is 62.2 Å². The molecule has 0 aliphatic heterocycles. The summed E-state index contributed by atoms with van der Waals surface area (Å²) in [6.45, 7) is 2.53. The minimum atomic E-state index is -0.362. The van der Waals surface area contributed by atoms with E-state index in [0.29, 0.717) is 12.2 Å². The average molecular weight is 290 g/mol. The predicted molar refractivity (Wildman–Crippen MR) is 85.5 cm³/mol. The maximum absolute atomic E-state index is 11.7. The van der Waals surface area contributed by atoms with Crippen LogP contribution < -0.4 is 0 Å². The Kier molecular flexibility index (Phi) is 9.01. The van der Waals surface area contributed by atoms with Gasteiger partial charge in [-0.05, 0) is 37.1 Å². The van der Waals surface area contributed by atoms with Crippen molar-refractivity contribution in [2.75, 3.05) is 6.61 Å². The highest BCUT2D eigenvalue weighted by atomic mass is 16.5. The van der Waals surface area contributed by atoms with E-state index in [1.165, 1.54) is 50.7 Å². The van der Waals surface area contributed by atoms with Gasteiger partial charge in [0.15, 0.2) is 0 Å². The van der Waals surface area contributed by atoms with Gasteiger partial charge in [0.05, 0.1) is 5.56 Å². The van der Waals surface area contributed by atoms with E-state index in [-0.39, 0.29) is 11.7 Å². The van der Waals surface area contributed by atoms with Crippen LogP contribution in [0.15, 0.2) is 36.4 Å². The normalized spacial score (nSPS) is 10.9. The van der Waals surface area contributed by atoms with Gasteiger partial charge in [-0.1, -0.05) is 51.2 Å². The Labute approximate surface area is 127 Å². The molecular weight excluding hydrogens is 264 g/mol. The van der Waals surface area contributed by atoms with Crippen molar-refractivity contribution in [3.8, 4) is 5.75 Å². The molecular formula is C18H26O3. The second-order valence-corrected chi connectivity index (χ2v) is 5.17. The van der Waals surface area contributed by atoms with Gasteiger partial charge >= 0.3 is 5.97 Å². The van der Waals surface area contributed by atoms with Crippen LogP contribution in [-0.4, -0.2) is 17.7 Å². The molecule has 3 heteroatoms. The zero-order valence-corrected chi connectivity index (χ0v) is 12.9. The van der Waals surface area contributed by atoms with E-state index in [2.05, 4.69) is 13.0 Å². The molecule has 1 aromatic carbocycles. The van der Waals surface area contributed by atoms with Crippen LogP contribution in [0.3, 0.4) is 0 Å². The third-order valence-corrected chi connectivity index (χ3v) is 3.30. The number of rotatable bonds is 10. The van der Waals surface area contributed by atoms with Crippen LogP contribution in [0.2, 0.25) is 0 Å². The Morgan fingerprint density at radius 2 is 1.71 bits per heavy atom. The number of benzene rings is 1. The number of carbonyl (C=O) groups is 1. The predicted octanol–water partition coefficient (Wildman–Crippen LogP) is 4.86. The van der Waals surface area contributed by atoms with Gasteiger partial charge in [0, 0.05) is 0 Å². The number of carbonyl (C=O) groups excluding carboxylic acids is 1. The largest absolute Gasteiger partial charge is 0.508 e. The first kappa shape index (κ1) is 17.3. The highest BCUT2D eigenvalue weighted by molar-refractivity contribution is 5.89. The number of ether oxygens (including phenoxy) is 1. The van der Waals surface area contributed by atoms with Gasteiger partial charge in [-0.25, -0.2) is 4.79 Å². The molecule has 3 nitrogen and oxygen atoms in total. The molecule has 0 atom stereocenters. The minimum Gasteiger partial charge on any atom is -0.508 e. The SMILES string of the molecule is CCCCCCCC/C=C/COC(=O)c1ccc(O)cc1. The van der Waals surface area contributed by atoms with E-state index in [4.69, 9.17) is 9.84 Å². The van der Waals surface area contributed by atoms with Crippen LogP contribution in [0.5, 0.6) is 5.75 Å². The Hall–Kier alpha value is -1.77. The number of aromatic hydroxyl groups is 1. The molecule has 0 saturated carbocycles. The number of hydrogen-bond acceptors (Lipinski definition) is 3. The van der Waals surface area contributed by atoms with E-state index < -0.39 is 0 Å².